The number of carbonyl (C=O) groups is 1. The molecule has 0 unspecified atom stereocenters. The molecule has 0 aromatic heterocycles. The smallest absolute Gasteiger partial charge is 0.339 e. The largest absolute Gasteiger partial charge is 0.390 e. The van der Waals surface area contributed by atoms with Crippen LogP contribution < -0.4 is 11.5 Å². The van der Waals surface area contributed by atoms with Gasteiger partial charge in [-0.25, -0.2) is 9.79 Å². The third-order valence-corrected chi connectivity index (χ3v) is 4.38. The van der Waals surface area contributed by atoms with E-state index < -0.39 is 5.97 Å². The topological polar surface area (TPSA) is 90.7 Å². The fourth-order valence-electron chi connectivity index (χ4n) is 2.29. The van der Waals surface area contributed by atoms with E-state index in [-0.39, 0.29) is 12.5 Å². The van der Waals surface area contributed by atoms with Crippen molar-refractivity contribution in [1.29, 1.82) is 0 Å². The van der Waals surface area contributed by atoms with Gasteiger partial charge in [0.2, 0.25) is 0 Å². The monoisotopic (exact) mass is 345 g/mol. The summed E-state index contributed by atoms with van der Waals surface area (Å²) in [6.45, 7) is 2.16. The van der Waals surface area contributed by atoms with Gasteiger partial charge in [-0.15, -0.1) is 0 Å². The van der Waals surface area contributed by atoms with Gasteiger partial charge < -0.3 is 15.7 Å². The first-order valence-corrected chi connectivity index (χ1v) is 9.95. The summed E-state index contributed by atoms with van der Waals surface area (Å²) >= 11 is 1.19. The number of unbranched alkanes of at least 4 members (excludes halogenated alkanes) is 11. The lowest BCUT2D eigenvalue weighted by Crippen LogP contribution is -2.24. The highest BCUT2D eigenvalue weighted by Gasteiger charge is 2.02. The molecule has 0 atom stereocenters. The third kappa shape index (κ3) is 19.0. The van der Waals surface area contributed by atoms with Gasteiger partial charge >= 0.3 is 5.97 Å². The number of carbonyl (C=O) groups excluding carboxylic acids is 1. The molecular formula is C17H35N3O2S. The van der Waals surface area contributed by atoms with Crippen LogP contribution >= 0.6 is 12.0 Å². The molecular weight excluding hydrogens is 310 g/mol. The second kappa shape index (κ2) is 17.4. The Morgan fingerprint density at radius 2 is 1.35 bits per heavy atom. The van der Waals surface area contributed by atoms with Crippen LogP contribution in [0.5, 0.6) is 0 Å². The zero-order chi connectivity index (χ0) is 17.2. The first-order valence-electron chi connectivity index (χ1n) is 9.04. The van der Waals surface area contributed by atoms with Crippen molar-refractivity contribution in [2.45, 2.75) is 84.0 Å². The molecule has 0 rings (SSSR count). The molecule has 0 aliphatic heterocycles. The Morgan fingerprint density at radius 3 is 1.83 bits per heavy atom. The molecule has 136 valence electrons. The van der Waals surface area contributed by atoms with E-state index in [1.807, 2.05) is 0 Å². The average molecular weight is 346 g/mol. The number of nitrogens with two attached hydrogens (primary N) is 2. The van der Waals surface area contributed by atoms with Crippen LogP contribution in [0.25, 0.3) is 0 Å². The fourth-order valence-corrected chi connectivity index (χ4v) is 2.88. The van der Waals surface area contributed by atoms with E-state index in [4.69, 9.17) is 15.7 Å². The van der Waals surface area contributed by atoms with Gasteiger partial charge in [0, 0.05) is 5.75 Å². The SMILES string of the molecule is CCCCCCCCCCCCCCSOC(=O)CN=C(N)N. The molecule has 23 heavy (non-hydrogen) atoms. The summed E-state index contributed by atoms with van der Waals surface area (Å²) in [5.74, 6) is 0.348. The number of hydrogen-bond donors (Lipinski definition) is 2. The Morgan fingerprint density at radius 1 is 0.870 bits per heavy atom. The Hall–Kier alpha value is -0.910. The number of hydrogen-bond acceptors (Lipinski definition) is 4. The maximum absolute atomic E-state index is 11.2. The van der Waals surface area contributed by atoms with Crippen molar-refractivity contribution < 1.29 is 8.98 Å². The van der Waals surface area contributed by atoms with Crippen molar-refractivity contribution in [2.75, 3.05) is 12.3 Å². The van der Waals surface area contributed by atoms with Crippen molar-refractivity contribution in [2.24, 2.45) is 16.5 Å². The molecule has 4 N–H and O–H groups in total. The third-order valence-electron chi connectivity index (χ3n) is 3.62. The standard InChI is InChI=1S/C17H35N3O2S/c1-2-3-4-5-6-7-8-9-10-11-12-13-14-23-22-16(21)15-20-17(18)19/h2-15H2,1H3,(H4,18,19,20). The van der Waals surface area contributed by atoms with Crippen molar-refractivity contribution in [1.82, 2.24) is 0 Å². The lowest BCUT2D eigenvalue weighted by Gasteiger charge is -2.03. The highest BCUT2D eigenvalue weighted by atomic mass is 32.2. The molecule has 0 aliphatic carbocycles. The predicted octanol–water partition coefficient (Wildman–Crippen LogP) is 4.15. The molecule has 5 nitrogen and oxygen atoms in total. The van der Waals surface area contributed by atoms with Gasteiger partial charge in [-0.05, 0) is 6.42 Å². The van der Waals surface area contributed by atoms with Crippen molar-refractivity contribution >= 4 is 24.0 Å². The highest BCUT2D eigenvalue weighted by molar-refractivity contribution is 7.95. The van der Waals surface area contributed by atoms with Crippen LogP contribution in [0.3, 0.4) is 0 Å². The summed E-state index contributed by atoms with van der Waals surface area (Å²) in [5.41, 5.74) is 10.3. The van der Waals surface area contributed by atoms with Crippen LogP contribution in [0.2, 0.25) is 0 Å². The summed E-state index contributed by atoms with van der Waals surface area (Å²) in [6, 6.07) is 0. The molecule has 0 aromatic rings. The van der Waals surface area contributed by atoms with Gasteiger partial charge in [-0.1, -0.05) is 77.6 Å². The van der Waals surface area contributed by atoms with E-state index in [2.05, 4.69) is 11.9 Å². The van der Waals surface area contributed by atoms with Gasteiger partial charge in [0.15, 0.2) is 5.96 Å². The summed E-state index contributed by atoms with van der Waals surface area (Å²) in [4.78, 5) is 14.8. The van der Waals surface area contributed by atoms with Gasteiger partial charge in [0.05, 0.1) is 12.0 Å². The maximum Gasteiger partial charge on any atom is 0.339 e. The van der Waals surface area contributed by atoms with Crippen LogP contribution in [-0.4, -0.2) is 24.2 Å². The van der Waals surface area contributed by atoms with E-state index in [9.17, 15) is 4.79 Å². The van der Waals surface area contributed by atoms with Crippen molar-refractivity contribution in [3.63, 3.8) is 0 Å². The van der Waals surface area contributed by atoms with Crippen LogP contribution in [0, 0.1) is 0 Å². The highest BCUT2D eigenvalue weighted by Crippen LogP contribution is 2.13. The lowest BCUT2D eigenvalue weighted by atomic mass is 10.1. The molecule has 0 aliphatic rings. The summed E-state index contributed by atoms with van der Waals surface area (Å²) in [6.07, 6.45) is 16.0. The zero-order valence-electron chi connectivity index (χ0n) is 14.7. The fraction of sp³-hybridized carbons (Fsp3) is 0.882. The molecule has 0 heterocycles. The minimum absolute atomic E-state index is 0.0899. The Kier molecular flexibility index (Phi) is 16.8. The molecule has 0 saturated carbocycles. The summed E-state index contributed by atoms with van der Waals surface area (Å²) < 4.78 is 4.95. The normalized spacial score (nSPS) is 10.5. The number of guanidine groups is 1. The average Bonchev–Trinajstić information content (AvgIpc) is 2.53. The Balaban J connectivity index is 3.13. The summed E-state index contributed by atoms with van der Waals surface area (Å²) in [7, 11) is 0. The zero-order valence-corrected chi connectivity index (χ0v) is 15.5. The molecule has 0 amide bonds. The van der Waals surface area contributed by atoms with Gasteiger partial charge in [0.25, 0.3) is 0 Å². The van der Waals surface area contributed by atoms with Crippen LogP contribution in [-0.2, 0) is 8.98 Å². The maximum atomic E-state index is 11.2. The minimum atomic E-state index is -0.401. The molecule has 6 heteroatoms. The van der Waals surface area contributed by atoms with E-state index in [1.54, 1.807) is 0 Å². The van der Waals surface area contributed by atoms with Crippen LogP contribution in [0.15, 0.2) is 4.99 Å². The summed E-state index contributed by atoms with van der Waals surface area (Å²) in [5, 5.41) is 0. The van der Waals surface area contributed by atoms with Gasteiger partial charge in [-0.2, -0.15) is 0 Å². The Bertz CT molecular complexity index is 308. The molecule has 0 radical (unpaired) electrons. The number of rotatable bonds is 16. The van der Waals surface area contributed by atoms with Crippen molar-refractivity contribution in [3.05, 3.63) is 0 Å². The van der Waals surface area contributed by atoms with Gasteiger partial charge in [0.1, 0.15) is 6.54 Å². The minimum Gasteiger partial charge on any atom is -0.390 e. The quantitative estimate of drug-likeness (QED) is 0.190. The number of nitrogens with zero attached hydrogens (tertiary/aromatic N) is 1. The van der Waals surface area contributed by atoms with Gasteiger partial charge in [-0.3, -0.25) is 0 Å². The molecule has 0 bridgehead atoms. The molecule has 0 fully saturated rings. The second-order valence-corrected chi connectivity index (χ2v) is 6.72. The van der Waals surface area contributed by atoms with Crippen LogP contribution in [0.4, 0.5) is 0 Å². The predicted molar refractivity (Wildman–Crippen MR) is 100 cm³/mol. The molecule has 0 saturated heterocycles. The van der Waals surface area contributed by atoms with E-state index in [0.717, 1.165) is 12.2 Å². The van der Waals surface area contributed by atoms with E-state index in [0.29, 0.717) is 0 Å². The van der Waals surface area contributed by atoms with Crippen LogP contribution in [0.1, 0.15) is 84.0 Å². The van der Waals surface area contributed by atoms with E-state index >= 15 is 0 Å². The first kappa shape index (κ1) is 22.1. The first-order chi connectivity index (χ1) is 11.2. The molecule has 0 aromatic carbocycles. The lowest BCUT2D eigenvalue weighted by molar-refractivity contribution is -0.131. The Labute approximate surface area is 146 Å². The molecule has 0 spiro atoms. The van der Waals surface area contributed by atoms with Crippen molar-refractivity contribution in [3.8, 4) is 0 Å². The second-order valence-electron chi connectivity index (χ2n) is 5.91. The van der Waals surface area contributed by atoms with E-state index in [1.165, 1.54) is 82.7 Å². The number of aliphatic imine (C=N–C) groups is 1.